The van der Waals surface area contributed by atoms with Crippen LogP contribution in [0, 0.1) is 0 Å². The molecule has 0 N–H and O–H groups in total. The molecule has 0 aromatic rings. The minimum absolute atomic E-state index is 0.0252. The average Bonchev–Trinajstić information content (AvgIpc) is 1.01. The molecule has 0 aromatic heterocycles. The van der Waals surface area contributed by atoms with Crippen LogP contribution in [-0.2, 0) is 32.7 Å². The van der Waals surface area contributed by atoms with Crippen LogP contribution in [0.3, 0.4) is 0 Å². The summed E-state index contributed by atoms with van der Waals surface area (Å²) in [7, 11) is 1.20. The molecule has 0 aliphatic heterocycles. The minimum Gasteiger partial charge on any atom is -0.756 e. The molecular weight excluding hydrogens is 1290 g/mol. The smallest absolute Gasteiger partial charge is 0.306 e. The number of likely N-dealkylation sites (N-methyl/N-ethyl adjacent to an activating group) is 1. The number of phosphoric acid groups is 1. The van der Waals surface area contributed by atoms with Crippen LogP contribution >= 0.6 is 7.82 Å². The number of carbonyl (C=O) groups is 2. The highest BCUT2D eigenvalue weighted by Gasteiger charge is 2.22. The van der Waals surface area contributed by atoms with Crippen LogP contribution in [0.5, 0.6) is 0 Å². The number of carbonyl (C=O) groups excluding carboxylic acids is 2. The van der Waals surface area contributed by atoms with E-state index in [-0.39, 0.29) is 32.0 Å². The lowest BCUT2D eigenvalue weighted by molar-refractivity contribution is -0.870. The van der Waals surface area contributed by atoms with Crippen LogP contribution in [0.25, 0.3) is 0 Å². The molecule has 0 heterocycles. The molecule has 0 spiro atoms. The molecule has 614 valence electrons. The largest absolute Gasteiger partial charge is 0.756 e. The lowest BCUT2D eigenvalue weighted by atomic mass is 10.0. The second-order valence-electron chi connectivity index (χ2n) is 33.7. The summed E-state index contributed by atoms with van der Waals surface area (Å²) in [5.41, 5.74) is 0. The zero-order chi connectivity index (χ0) is 74.7. The van der Waals surface area contributed by atoms with Crippen molar-refractivity contribution >= 4 is 19.8 Å². The topological polar surface area (TPSA) is 111 Å². The van der Waals surface area contributed by atoms with Gasteiger partial charge in [-0.15, -0.1) is 0 Å². The first-order chi connectivity index (χ1) is 50.5. The van der Waals surface area contributed by atoms with Gasteiger partial charge in [0.2, 0.25) is 0 Å². The summed E-state index contributed by atoms with van der Waals surface area (Å²) in [6, 6.07) is 0. The molecule has 0 bridgehead atoms. The van der Waals surface area contributed by atoms with Crippen molar-refractivity contribution in [2.45, 2.75) is 527 Å². The molecule has 9 nitrogen and oxygen atoms in total. The quantitative estimate of drug-likeness (QED) is 0.0195. The molecule has 2 unspecified atom stereocenters. The Labute approximate surface area is 645 Å². The van der Waals surface area contributed by atoms with Crippen molar-refractivity contribution in [1.82, 2.24) is 0 Å². The lowest BCUT2D eigenvalue weighted by Gasteiger charge is -2.28. The number of allylic oxidation sites excluding steroid dienone is 2. The SMILES string of the molecule is CCCCCCCCCC/C=C\CCCCCCCCCCCCCCCCCCCCCCCCCCCCCC(=O)OC(COC(=O)CCCCCCCCCCCCCCCCCCCCCCCCCCCCCCCCCCCCCCCCCC)COP(=O)([O-])OCC[N+](C)(C)C. The predicted molar refractivity (Wildman–Crippen MR) is 448 cm³/mol. The van der Waals surface area contributed by atoms with E-state index in [4.69, 9.17) is 18.5 Å². The van der Waals surface area contributed by atoms with Crippen molar-refractivity contribution in [3.8, 4) is 0 Å². The number of ether oxygens (including phenoxy) is 2. The number of esters is 2. The standard InChI is InChI=1S/C93H184NO8P/c1-6-8-10-12-14-16-18-20-22-24-26-28-30-32-34-36-38-40-42-44-46-48-49-51-53-55-57-59-61-63-65-67-69-71-73-75-77-79-81-83-85-92(95)99-89-91(90-101-103(97,98)100-88-87-94(3,4)5)102-93(96)86-84-82-80-78-76-74-72-70-68-66-64-62-60-58-56-54-52-50-47-45-43-41-39-37-35-33-31-29-27-25-23-21-19-17-15-13-11-9-7-2/h25,27,91H,6-24,26,28-90H2,1-5H3/b27-25-. The molecule has 0 aliphatic rings. The van der Waals surface area contributed by atoms with E-state index in [1.54, 1.807) is 0 Å². The van der Waals surface area contributed by atoms with Gasteiger partial charge < -0.3 is 27.9 Å². The van der Waals surface area contributed by atoms with Gasteiger partial charge in [-0.25, -0.2) is 0 Å². The third kappa shape index (κ3) is 89.5. The molecule has 0 aliphatic carbocycles. The van der Waals surface area contributed by atoms with Crippen LogP contribution in [0.1, 0.15) is 521 Å². The molecule has 0 aromatic carbocycles. The second-order valence-corrected chi connectivity index (χ2v) is 35.2. The van der Waals surface area contributed by atoms with Gasteiger partial charge in [-0.3, -0.25) is 14.2 Å². The van der Waals surface area contributed by atoms with Crippen molar-refractivity contribution in [3.63, 3.8) is 0 Å². The van der Waals surface area contributed by atoms with Crippen molar-refractivity contribution in [2.24, 2.45) is 0 Å². The third-order valence-corrected chi connectivity index (χ3v) is 23.0. The molecule has 0 rings (SSSR count). The van der Waals surface area contributed by atoms with E-state index in [1.807, 2.05) is 21.1 Å². The van der Waals surface area contributed by atoms with Crippen molar-refractivity contribution in [3.05, 3.63) is 12.2 Å². The van der Waals surface area contributed by atoms with Gasteiger partial charge in [-0.1, -0.05) is 482 Å². The maximum absolute atomic E-state index is 12.9. The minimum atomic E-state index is -4.64. The highest BCUT2D eigenvalue weighted by molar-refractivity contribution is 7.45. The highest BCUT2D eigenvalue weighted by atomic mass is 31.2. The Morgan fingerprint density at radius 1 is 0.291 bits per heavy atom. The number of hydrogen-bond donors (Lipinski definition) is 0. The monoisotopic (exact) mass is 1470 g/mol. The van der Waals surface area contributed by atoms with Crippen molar-refractivity contribution in [2.75, 3.05) is 47.5 Å². The molecule has 2 atom stereocenters. The van der Waals surface area contributed by atoms with Gasteiger partial charge in [0, 0.05) is 12.8 Å². The Morgan fingerprint density at radius 2 is 0.495 bits per heavy atom. The fraction of sp³-hybridized carbons (Fsp3) is 0.957. The molecule has 103 heavy (non-hydrogen) atoms. The van der Waals surface area contributed by atoms with Gasteiger partial charge >= 0.3 is 11.9 Å². The van der Waals surface area contributed by atoms with Crippen LogP contribution in [0.2, 0.25) is 0 Å². The average molecular weight is 1480 g/mol. The lowest BCUT2D eigenvalue weighted by Crippen LogP contribution is -2.37. The molecule has 0 amide bonds. The zero-order valence-electron chi connectivity index (χ0n) is 70.6. The molecule has 0 saturated heterocycles. The van der Waals surface area contributed by atoms with Gasteiger partial charge in [0.15, 0.2) is 6.10 Å². The van der Waals surface area contributed by atoms with Crippen molar-refractivity contribution in [1.29, 1.82) is 0 Å². The Hall–Kier alpha value is -1.25. The number of rotatable bonds is 90. The van der Waals surface area contributed by atoms with E-state index in [0.29, 0.717) is 17.4 Å². The number of quaternary nitrogens is 1. The summed E-state index contributed by atoms with van der Waals surface area (Å²) < 4.78 is 34.5. The van der Waals surface area contributed by atoms with Gasteiger partial charge in [0.25, 0.3) is 7.82 Å². The van der Waals surface area contributed by atoms with Gasteiger partial charge in [-0.05, 0) is 38.5 Å². The third-order valence-electron chi connectivity index (χ3n) is 22.0. The van der Waals surface area contributed by atoms with E-state index in [9.17, 15) is 19.0 Å². The number of unbranched alkanes of at least 4 members (excludes halogenated alkanes) is 74. The fourth-order valence-corrected chi connectivity index (χ4v) is 15.6. The van der Waals surface area contributed by atoms with E-state index < -0.39 is 26.5 Å². The Morgan fingerprint density at radius 3 is 0.718 bits per heavy atom. The van der Waals surface area contributed by atoms with Crippen LogP contribution in [-0.4, -0.2) is 70.0 Å². The summed E-state index contributed by atoms with van der Waals surface area (Å²) in [6.07, 6.45) is 110. The normalized spacial score (nSPS) is 12.9. The van der Waals surface area contributed by atoms with E-state index in [0.717, 1.165) is 32.1 Å². The molecular formula is C93H184NO8P. The van der Waals surface area contributed by atoms with Gasteiger partial charge in [0.1, 0.15) is 19.8 Å². The number of nitrogens with zero attached hydrogens (tertiary/aromatic N) is 1. The Balaban J connectivity index is 3.80. The van der Waals surface area contributed by atoms with Crippen LogP contribution in [0.15, 0.2) is 12.2 Å². The first-order valence-electron chi connectivity index (χ1n) is 46.9. The maximum atomic E-state index is 12.9. The predicted octanol–water partition coefficient (Wildman–Crippen LogP) is 31.1. The van der Waals surface area contributed by atoms with Crippen LogP contribution < -0.4 is 4.89 Å². The number of phosphoric ester groups is 1. The zero-order valence-corrected chi connectivity index (χ0v) is 71.5. The molecule has 0 saturated carbocycles. The van der Waals surface area contributed by atoms with Gasteiger partial charge in [0.05, 0.1) is 27.7 Å². The summed E-state index contributed by atoms with van der Waals surface area (Å²) in [4.78, 5) is 38.3. The first kappa shape index (κ1) is 102. The maximum Gasteiger partial charge on any atom is 0.306 e. The summed E-state index contributed by atoms with van der Waals surface area (Å²) >= 11 is 0. The van der Waals surface area contributed by atoms with Crippen LogP contribution in [0.4, 0.5) is 0 Å². The summed E-state index contributed by atoms with van der Waals surface area (Å²) in [5.74, 6) is -0.799. The Kier molecular flexibility index (Phi) is 83.7. The first-order valence-corrected chi connectivity index (χ1v) is 48.4. The summed E-state index contributed by atoms with van der Waals surface area (Å²) in [5, 5.41) is 0. The molecule has 10 heteroatoms. The highest BCUT2D eigenvalue weighted by Crippen LogP contribution is 2.38. The molecule has 0 fully saturated rings. The van der Waals surface area contributed by atoms with E-state index >= 15 is 0 Å². The van der Waals surface area contributed by atoms with Crippen molar-refractivity contribution < 1.29 is 42.1 Å². The van der Waals surface area contributed by atoms with E-state index in [1.165, 1.54) is 456 Å². The fourth-order valence-electron chi connectivity index (χ4n) is 14.9. The second kappa shape index (κ2) is 84.8. The molecule has 0 radical (unpaired) electrons. The van der Waals surface area contributed by atoms with Gasteiger partial charge in [-0.2, -0.15) is 0 Å². The van der Waals surface area contributed by atoms with E-state index in [2.05, 4.69) is 26.0 Å². The summed E-state index contributed by atoms with van der Waals surface area (Å²) in [6.45, 7) is 4.35. The Bertz CT molecular complexity index is 1740. The number of hydrogen-bond acceptors (Lipinski definition) is 8.